The quantitative estimate of drug-likeness (QED) is 0.734. The highest BCUT2D eigenvalue weighted by Crippen LogP contribution is 2.33. The number of anilines is 1. The van der Waals surface area contributed by atoms with Crippen LogP contribution in [0.5, 0.6) is 0 Å². The minimum absolute atomic E-state index is 0.125. The number of carbonyl (C=O) groups excluding carboxylic acids is 1. The van der Waals surface area contributed by atoms with Gasteiger partial charge in [-0.25, -0.2) is 4.98 Å². The van der Waals surface area contributed by atoms with Gasteiger partial charge in [0, 0.05) is 11.6 Å². The topological polar surface area (TPSA) is 68.0 Å². The Balaban J connectivity index is 2.28. The molecule has 0 radical (unpaired) electrons. The van der Waals surface area contributed by atoms with E-state index in [1.807, 2.05) is 6.92 Å². The van der Waals surface area contributed by atoms with Gasteiger partial charge in [0.05, 0.1) is 5.56 Å². The van der Waals surface area contributed by atoms with Crippen molar-refractivity contribution in [2.45, 2.75) is 19.8 Å². The van der Waals surface area contributed by atoms with Gasteiger partial charge < -0.3 is 11.1 Å². The molecule has 0 unspecified atom stereocenters. The van der Waals surface area contributed by atoms with Gasteiger partial charge in [-0.3, -0.25) is 4.79 Å². The van der Waals surface area contributed by atoms with Crippen LogP contribution in [-0.2, 0) is 0 Å². The minimum atomic E-state index is -0.289. The number of nitrogens with zero attached hydrogens (tertiary/aromatic N) is 1. The molecule has 1 saturated heterocycles. The van der Waals surface area contributed by atoms with Crippen molar-refractivity contribution in [3.63, 3.8) is 0 Å². The molecule has 1 aromatic heterocycles. The number of aromatic nitrogens is 1. The molecule has 86 valence electrons. The molecule has 0 bridgehead atoms. The van der Waals surface area contributed by atoms with Crippen LogP contribution in [0.3, 0.4) is 0 Å². The van der Waals surface area contributed by atoms with E-state index in [4.69, 9.17) is 5.73 Å². The number of hydrogen-bond acceptors (Lipinski definition) is 4. The molecule has 2 heterocycles. The van der Waals surface area contributed by atoms with Gasteiger partial charge in [-0.05, 0) is 38.1 Å². The standard InChI is InChI=1S/C12H17N3O/c1-12(4-7-14-8-5-12)10(16)9-3-2-6-15-11(9)13/h2-3,6,14H,4-5,7-8H2,1H3,(H2,13,15). The van der Waals surface area contributed by atoms with Crippen molar-refractivity contribution in [1.29, 1.82) is 0 Å². The maximum atomic E-state index is 12.4. The number of nitrogens with two attached hydrogens (primary N) is 1. The van der Waals surface area contributed by atoms with Crippen LogP contribution in [0.25, 0.3) is 0 Å². The SMILES string of the molecule is CC1(C(=O)c2cccnc2N)CCNCC1. The number of Topliss-reactive ketones (excluding diaryl/α,β-unsaturated/α-hetero) is 1. The molecule has 4 heteroatoms. The smallest absolute Gasteiger partial charge is 0.172 e. The van der Waals surface area contributed by atoms with Gasteiger partial charge in [-0.1, -0.05) is 6.92 Å². The van der Waals surface area contributed by atoms with Crippen LogP contribution < -0.4 is 11.1 Å². The van der Waals surface area contributed by atoms with Crippen LogP contribution in [-0.4, -0.2) is 23.9 Å². The first-order chi connectivity index (χ1) is 7.63. The Morgan fingerprint density at radius 2 is 2.19 bits per heavy atom. The van der Waals surface area contributed by atoms with E-state index in [1.165, 1.54) is 0 Å². The van der Waals surface area contributed by atoms with Crippen molar-refractivity contribution in [2.24, 2.45) is 5.41 Å². The van der Waals surface area contributed by atoms with E-state index in [2.05, 4.69) is 10.3 Å². The van der Waals surface area contributed by atoms with Gasteiger partial charge in [-0.2, -0.15) is 0 Å². The maximum absolute atomic E-state index is 12.4. The molecule has 0 amide bonds. The molecule has 16 heavy (non-hydrogen) atoms. The fourth-order valence-corrected chi connectivity index (χ4v) is 2.14. The van der Waals surface area contributed by atoms with Crippen LogP contribution in [0.15, 0.2) is 18.3 Å². The molecular weight excluding hydrogens is 202 g/mol. The molecule has 4 nitrogen and oxygen atoms in total. The summed E-state index contributed by atoms with van der Waals surface area (Å²) >= 11 is 0. The summed E-state index contributed by atoms with van der Waals surface area (Å²) in [6.45, 7) is 3.80. The highest BCUT2D eigenvalue weighted by Gasteiger charge is 2.35. The lowest BCUT2D eigenvalue weighted by Gasteiger charge is -2.32. The molecule has 0 aliphatic carbocycles. The average molecular weight is 219 g/mol. The van der Waals surface area contributed by atoms with Gasteiger partial charge in [0.15, 0.2) is 5.78 Å². The van der Waals surface area contributed by atoms with E-state index in [0.29, 0.717) is 11.4 Å². The molecule has 2 rings (SSSR count). The molecule has 0 saturated carbocycles. The zero-order valence-corrected chi connectivity index (χ0v) is 9.49. The lowest BCUT2D eigenvalue weighted by Crippen LogP contribution is -2.40. The fourth-order valence-electron chi connectivity index (χ4n) is 2.14. The van der Waals surface area contributed by atoms with Crippen molar-refractivity contribution in [1.82, 2.24) is 10.3 Å². The largest absolute Gasteiger partial charge is 0.383 e. The third-order valence-electron chi connectivity index (χ3n) is 3.34. The van der Waals surface area contributed by atoms with Gasteiger partial charge in [-0.15, -0.1) is 0 Å². The van der Waals surface area contributed by atoms with Crippen LogP contribution in [0.4, 0.5) is 5.82 Å². The second-order valence-electron chi connectivity index (χ2n) is 4.58. The van der Waals surface area contributed by atoms with Crippen LogP contribution in [0.2, 0.25) is 0 Å². The van der Waals surface area contributed by atoms with Gasteiger partial charge in [0.1, 0.15) is 5.82 Å². The number of piperidine rings is 1. The molecule has 1 aliphatic rings. The summed E-state index contributed by atoms with van der Waals surface area (Å²) < 4.78 is 0. The van der Waals surface area contributed by atoms with Crippen molar-refractivity contribution >= 4 is 11.6 Å². The summed E-state index contributed by atoms with van der Waals surface area (Å²) in [5.74, 6) is 0.465. The first-order valence-electron chi connectivity index (χ1n) is 5.59. The van der Waals surface area contributed by atoms with Crippen molar-refractivity contribution in [2.75, 3.05) is 18.8 Å². The molecular formula is C12H17N3O. The lowest BCUT2D eigenvalue weighted by atomic mass is 9.75. The van der Waals surface area contributed by atoms with Crippen molar-refractivity contribution < 1.29 is 4.79 Å². The Hall–Kier alpha value is -1.42. The third-order valence-corrected chi connectivity index (χ3v) is 3.34. The molecule has 1 fully saturated rings. The summed E-state index contributed by atoms with van der Waals surface area (Å²) in [7, 11) is 0. The summed E-state index contributed by atoms with van der Waals surface area (Å²) in [6.07, 6.45) is 3.33. The van der Waals surface area contributed by atoms with Crippen LogP contribution >= 0.6 is 0 Å². The maximum Gasteiger partial charge on any atom is 0.172 e. The van der Waals surface area contributed by atoms with Crippen molar-refractivity contribution in [3.05, 3.63) is 23.9 Å². The fraction of sp³-hybridized carbons (Fsp3) is 0.500. The predicted molar refractivity (Wildman–Crippen MR) is 63.2 cm³/mol. The van der Waals surface area contributed by atoms with E-state index in [-0.39, 0.29) is 11.2 Å². The first kappa shape index (κ1) is 11.1. The summed E-state index contributed by atoms with van der Waals surface area (Å²) in [5, 5.41) is 3.26. The summed E-state index contributed by atoms with van der Waals surface area (Å²) in [4.78, 5) is 16.4. The van der Waals surface area contributed by atoms with Gasteiger partial charge in [0.2, 0.25) is 0 Å². The Morgan fingerprint density at radius 3 is 2.81 bits per heavy atom. The monoisotopic (exact) mass is 219 g/mol. The Kier molecular flexibility index (Phi) is 2.92. The Morgan fingerprint density at radius 1 is 1.50 bits per heavy atom. The van der Waals surface area contributed by atoms with Crippen LogP contribution in [0, 0.1) is 5.41 Å². The average Bonchev–Trinajstić information content (AvgIpc) is 2.30. The Bertz CT molecular complexity index is 397. The number of pyridine rings is 1. The summed E-state index contributed by atoms with van der Waals surface area (Å²) in [5.41, 5.74) is 6.01. The third kappa shape index (κ3) is 1.93. The van der Waals surface area contributed by atoms with Crippen molar-refractivity contribution in [3.8, 4) is 0 Å². The summed E-state index contributed by atoms with van der Waals surface area (Å²) in [6, 6.07) is 3.52. The lowest BCUT2D eigenvalue weighted by molar-refractivity contribution is 0.0763. The zero-order chi connectivity index (χ0) is 11.6. The molecule has 1 aromatic rings. The number of rotatable bonds is 2. The second-order valence-corrected chi connectivity index (χ2v) is 4.58. The highest BCUT2D eigenvalue weighted by atomic mass is 16.1. The predicted octanol–water partition coefficient (Wildman–Crippen LogP) is 1.24. The number of ketones is 1. The van der Waals surface area contributed by atoms with E-state index in [0.717, 1.165) is 25.9 Å². The zero-order valence-electron chi connectivity index (χ0n) is 9.49. The molecule has 0 atom stereocenters. The Labute approximate surface area is 95.3 Å². The van der Waals surface area contributed by atoms with E-state index in [9.17, 15) is 4.79 Å². The molecule has 0 aromatic carbocycles. The van der Waals surface area contributed by atoms with E-state index < -0.39 is 0 Å². The van der Waals surface area contributed by atoms with Gasteiger partial charge >= 0.3 is 0 Å². The second kappa shape index (κ2) is 4.22. The minimum Gasteiger partial charge on any atom is -0.383 e. The normalized spacial score (nSPS) is 19.3. The number of nitrogen functional groups attached to an aromatic ring is 1. The van der Waals surface area contributed by atoms with Gasteiger partial charge in [0.25, 0.3) is 0 Å². The van der Waals surface area contributed by atoms with E-state index >= 15 is 0 Å². The first-order valence-corrected chi connectivity index (χ1v) is 5.59. The molecule has 0 spiro atoms. The number of carbonyl (C=O) groups is 1. The van der Waals surface area contributed by atoms with E-state index in [1.54, 1.807) is 18.3 Å². The number of nitrogens with one attached hydrogen (secondary N) is 1. The highest BCUT2D eigenvalue weighted by molar-refractivity contribution is 6.03. The molecule has 1 aliphatic heterocycles. The molecule has 3 N–H and O–H groups in total. The number of hydrogen-bond donors (Lipinski definition) is 2. The van der Waals surface area contributed by atoms with Crippen LogP contribution in [0.1, 0.15) is 30.1 Å².